The third kappa shape index (κ3) is 1.44. The van der Waals surface area contributed by atoms with Crippen LogP contribution in [0.4, 0.5) is 0 Å². The molecule has 3 heteroatoms. The van der Waals surface area contributed by atoms with Crippen molar-refractivity contribution >= 4 is 38.5 Å². The summed E-state index contributed by atoms with van der Waals surface area (Å²) in [5.74, 6) is 0. The SMILES string of the molecule is Brc1cc2c3c(cccc3c1)Sc1ncccc1-2. The van der Waals surface area contributed by atoms with Gasteiger partial charge in [0.05, 0.1) is 0 Å². The third-order valence-electron chi connectivity index (χ3n) is 3.17. The highest BCUT2D eigenvalue weighted by molar-refractivity contribution is 9.10. The first-order valence-corrected chi connectivity index (χ1v) is 7.29. The van der Waals surface area contributed by atoms with E-state index in [1.807, 2.05) is 12.3 Å². The van der Waals surface area contributed by atoms with Gasteiger partial charge in [0.25, 0.3) is 0 Å². The molecule has 4 rings (SSSR count). The molecule has 1 nitrogen and oxygen atoms in total. The van der Waals surface area contributed by atoms with Gasteiger partial charge in [-0.3, -0.25) is 0 Å². The van der Waals surface area contributed by atoms with Crippen LogP contribution in [0.1, 0.15) is 0 Å². The number of hydrogen-bond acceptors (Lipinski definition) is 2. The van der Waals surface area contributed by atoms with Crippen molar-refractivity contribution < 1.29 is 0 Å². The summed E-state index contributed by atoms with van der Waals surface area (Å²) < 4.78 is 1.11. The van der Waals surface area contributed by atoms with Crippen LogP contribution in [0, 0.1) is 0 Å². The van der Waals surface area contributed by atoms with Crippen LogP contribution in [-0.4, -0.2) is 4.98 Å². The molecule has 1 aliphatic rings. The van der Waals surface area contributed by atoms with Gasteiger partial charge in [-0.1, -0.05) is 45.9 Å². The Bertz CT molecular complexity index is 783. The van der Waals surface area contributed by atoms with Gasteiger partial charge in [-0.05, 0) is 35.2 Å². The van der Waals surface area contributed by atoms with Crippen LogP contribution in [0.2, 0.25) is 0 Å². The zero-order chi connectivity index (χ0) is 12.1. The minimum atomic E-state index is 1.09. The average molecular weight is 314 g/mol. The van der Waals surface area contributed by atoms with Crippen molar-refractivity contribution in [3.05, 3.63) is 53.1 Å². The molecule has 86 valence electrons. The maximum Gasteiger partial charge on any atom is 0.109 e. The van der Waals surface area contributed by atoms with E-state index in [-0.39, 0.29) is 0 Å². The summed E-state index contributed by atoms with van der Waals surface area (Å²) in [6, 6.07) is 14.9. The van der Waals surface area contributed by atoms with E-state index in [4.69, 9.17) is 0 Å². The minimum absolute atomic E-state index is 1.09. The molecule has 0 atom stereocenters. The molecular formula is C15H8BrNS. The Morgan fingerprint density at radius 1 is 1.00 bits per heavy atom. The second kappa shape index (κ2) is 3.84. The van der Waals surface area contributed by atoms with Crippen molar-refractivity contribution in [3.8, 4) is 11.1 Å². The second-order valence-corrected chi connectivity index (χ2v) is 6.21. The summed E-state index contributed by atoms with van der Waals surface area (Å²) in [6.45, 7) is 0. The minimum Gasteiger partial charge on any atom is -0.249 e. The van der Waals surface area contributed by atoms with Crippen LogP contribution in [0.25, 0.3) is 21.9 Å². The van der Waals surface area contributed by atoms with E-state index in [9.17, 15) is 0 Å². The predicted octanol–water partition coefficient (Wildman–Crippen LogP) is 5.13. The van der Waals surface area contributed by atoms with Gasteiger partial charge in [-0.25, -0.2) is 4.98 Å². The lowest BCUT2D eigenvalue weighted by Gasteiger charge is -2.19. The van der Waals surface area contributed by atoms with E-state index >= 15 is 0 Å². The number of aromatic nitrogens is 1. The van der Waals surface area contributed by atoms with Crippen LogP contribution < -0.4 is 0 Å². The summed E-state index contributed by atoms with van der Waals surface area (Å²) >= 11 is 5.35. The molecule has 1 aromatic heterocycles. The molecule has 0 bridgehead atoms. The topological polar surface area (TPSA) is 12.9 Å². The lowest BCUT2D eigenvalue weighted by atomic mass is 9.99. The van der Waals surface area contributed by atoms with Gasteiger partial charge >= 0.3 is 0 Å². The van der Waals surface area contributed by atoms with Gasteiger partial charge in [-0.15, -0.1) is 0 Å². The first-order valence-electron chi connectivity index (χ1n) is 5.68. The normalized spacial score (nSPS) is 12.5. The Morgan fingerprint density at radius 2 is 1.94 bits per heavy atom. The highest BCUT2D eigenvalue weighted by Gasteiger charge is 2.19. The molecular weight excluding hydrogens is 306 g/mol. The van der Waals surface area contributed by atoms with Crippen molar-refractivity contribution in [3.63, 3.8) is 0 Å². The second-order valence-electron chi connectivity index (χ2n) is 4.27. The molecule has 1 aliphatic heterocycles. The maximum atomic E-state index is 4.48. The average Bonchev–Trinajstić information content (AvgIpc) is 2.38. The predicted molar refractivity (Wildman–Crippen MR) is 79.0 cm³/mol. The van der Waals surface area contributed by atoms with Crippen LogP contribution in [-0.2, 0) is 0 Å². The fourth-order valence-electron chi connectivity index (χ4n) is 2.44. The van der Waals surface area contributed by atoms with Crippen LogP contribution in [0.3, 0.4) is 0 Å². The van der Waals surface area contributed by atoms with Gasteiger partial charge in [0.15, 0.2) is 0 Å². The molecule has 3 aromatic rings. The van der Waals surface area contributed by atoms with E-state index in [1.54, 1.807) is 11.8 Å². The van der Waals surface area contributed by atoms with E-state index < -0.39 is 0 Å². The fourth-order valence-corrected chi connectivity index (χ4v) is 4.00. The summed E-state index contributed by atoms with van der Waals surface area (Å²) in [6.07, 6.45) is 1.86. The van der Waals surface area contributed by atoms with Crippen LogP contribution in [0.5, 0.6) is 0 Å². The summed E-state index contributed by atoms with van der Waals surface area (Å²) in [5.41, 5.74) is 2.50. The van der Waals surface area contributed by atoms with Crippen LogP contribution >= 0.6 is 27.7 Å². The van der Waals surface area contributed by atoms with Gasteiger partial charge < -0.3 is 0 Å². The molecule has 2 aromatic carbocycles. The van der Waals surface area contributed by atoms with Crippen molar-refractivity contribution in [1.82, 2.24) is 4.98 Å². The van der Waals surface area contributed by atoms with E-state index in [0.717, 1.165) is 9.50 Å². The first-order chi connectivity index (χ1) is 8.83. The van der Waals surface area contributed by atoms with Gasteiger partial charge in [0, 0.05) is 26.5 Å². The van der Waals surface area contributed by atoms with Gasteiger partial charge in [0.2, 0.25) is 0 Å². The lowest BCUT2D eigenvalue weighted by Crippen LogP contribution is -1.94. The van der Waals surface area contributed by atoms with Gasteiger partial charge in [0.1, 0.15) is 5.03 Å². The van der Waals surface area contributed by atoms with E-state index in [2.05, 4.69) is 57.3 Å². The molecule has 0 N–H and O–H groups in total. The Hall–Kier alpha value is -1.32. The molecule has 0 saturated carbocycles. The van der Waals surface area contributed by atoms with E-state index in [0.29, 0.717) is 0 Å². The van der Waals surface area contributed by atoms with E-state index in [1.165, 1.54) is 26.8 Å². The summed E-state index contributed by atoms with van der Waals surface area (Å²) in [4.78, 5) is 5.78. The number of rotatable bonds is 0. The maximum absolute atomic E-state index is 4.48. The zero-order valence-corrected chi connectivity index (χ0v) is 11.8. The lowest BCUT2D eigenvalue weighted by molar-refractivity contribution is 1.13. The van der Waals surface area contributed by atoms with Gasteiger partial charge in [-0.2, -0.15) is 0 Å². The number of hydrogen-bond donors (Lipinski definition) is 0. The van der Waals surface area contributed by atoms with Crippen molar-refractivity contribution in [2.45, 2.75) is 9.92 Å². The first kappa shape index (κ1) is 10.6. The molecule has 0 spiro atoms. The molecule has 2 heterocycles. The summed E-state index contributed by atoms with van der Waals surface area (Å²) in [7, 11) is 0. The van der Waals surface area contributed by atoms with Crippen molar-refractivity contribution in [2.75, 3.05) is 0 Å². The zero-order valence-electron chi connectivity index (χ0n) is 9.35. The Morgan fingerprint density at radius 3 is 2.89 bits per heavy atom. The number of halogens is 1. The molecule has 0 saturated heterocycles. The Labute approximate surface area is 117 Å². The molecule has 0 amide bonds. The molecule has 0 fully saturated rings. The molecule has 0 aliphatic carbocycles. The largest absolute Gasteiger partial charge is 0.249 e. The highest BCUT2D eigenvalue weighted by atomic mass is 79.9. The quantitative estimate of drug-likeness (QED) is 0.446. The number of pyridine rings is 1. The summed E-state index contributed by atoms with van der Waals surface area (Å²) in [5, 5.41) is 3.71. The Kier molecular flexibility index (Phi) is 2.26. The van der Waals surface area contributed by atoms with Crippen molar-refractivity contribution in [2.24, 2.45) is 0 Å². The number of nitrogens with zero attached hydrogens (tertiary/aromatic N) is 1. The third-order valence-corrected chi connectivity index (χ3v) is 4.71. The number of fused-ring (bicyclic) bond motifs is 2. The molecule has 0 unspecified atom stereocenters. The number of benzene rings is 2. The monoisotopic (exact) mass is 313 g/mol. The van der Waals surface area contributed by atoms with Crippen LogP contribution in [0.15, 0.2) is 63.1 Å². The Balaban J connectivity index is 2.22. The molecule has 0 radical (unpaired) electrons. The standard InChI is InChI=1S/C15H8BrNS/c16-10-7-9-3-1-5-13-14(9)12(8-10)11-4-2-6-17-15(11)18-13/h1-8H. The fraction of sp³-hybridized carbons (Fsp3) is 0. The highest BCUT2D eigenvalue weighted by Crippen LogP contribution is 2.47. The van der Waals surface area contributed by atoms with Crippen molar-refractivity contribution in [1.29, 1.82) is 0 Å². The molecule has 18 heavy (non-hydrogen) atoms. The smallest absolute Gasteiger partial charge is 0.109 e.